The van der Waals surface area contributed by atoms with Gasteiger partial charge in [0.05, 0.1) is 21.5 Å². The van der Waals surface area contributed by atoms with Crippen LogP contribution in [0, 0.1) is 10.1 Å². The fourth-order valence-corrected chi connectivity index (χ4v) is 3.05. The minimum atomic E-state index is -0.839. The Morgan fingerprint density at radius 1 is 1.24 bits per heavy atom. The van der Waals surface area contributed by atoms with Crippen LogP contribution in [0.25, 0.3) is 0 Å². The van der Waals surface area contributed by atoms with Gasteiger partial charge in [0, 0.05) is 12.1 Å². The van der Waals surface area contributed by atoms with Crippen LogP contribution in [0.15, 0.2) is 34.1 Å². The van der Waals surface area contributed by atoms with Crippen LogP contribution < -0.4 is 10.1 Å². The Balaban J connectivity index is 0.00000151. The molecule has 0 spiro atoms. The summed E-state index contributed by atoms with van der Waals surface area (Å²) < 4.78 is 10.2. The average molecular weight is 431 g/mol. The van der Waals surface area contributed by atoms with E-state index in [2.05, 4.69) is 26.0 Å². The molecule has 0 aliphatic carbocycles. The van der Waals surface area contributed by atoms with Gasteiger partial charge in [-0.15, -0.1) is 11.3 Å². The Hall–Kier alpha value is -2.46. The number of benzene rings is 1. The number of carbonyl (C=O) groups excluding carboxylic acids is 2. The third-order valence-electron chi connectivity index (χ3n) is 2.57. The predicted octanol–water partition coefficient (Wildman–Crippen LogP) is 4.84. The number of halogens is 1. The van der Waals surface area contributed by atoms with E-state index in [-0.39, 0.29) is 22.0 Å². The monoisotopic (exact) mass is 430 g/mol. The van der Waals surface area contributed by atoms with Gasteiger partial charge in [-0.25, -0.2) is 9.59 Å². The lowest BCUT2D eigenvalue weighted by Gasteiger charge is -2.06. The van der Waals surface area contributed by atoms with E-state index >= 15 is 0 Å². The largest absolute Gasteiger partial charge is 0.465 e. The number of nitro groups is 1. The van der Waals surface area contributed by atoms with E-state index < -0.39 is 17.0 Å². The van der Waals surface area contributed by atoms with Crippen molar-refractivity contribution in [2.75, 3.05) is 12.4 Å². The highest BCUT2D eigenvalue weighted by molar-refractivity contribution is 9.11. The highest BCUT2D eigenvalue weighted by Gasteiger charge is 2.19. The second-order valence-corrected chi connectivity index (χ2v) is 6.48. The van der Waals surface area contributed by atoms with Crippen LogP contribution in [0.3, 0.4) is 0 Å². The normalized spacial score (nSPS) is 9.44. The molecule has 0 radical (unpaired) electrons. The molecule has 8 nitrogen and oxygen atoms in total. The van der Waals surface area contributed by atoms with Crippen LogP contribution in [-0.4, -0.2) is 24.1 Å². The van der Waals surface area contributed by atoms with Crippen LogP contribution in [0.1, 0.15) is 23.5 Å². The van der Waals surface area contributed by atoms with Crippen molar-refractivity contribution in [3.63, 3.8) is 0 Å². The first kappa shape index (κ1) is 20.6. The standard InChI is InChI=1S/C13H9BrN2O6S.C2H6/c1-21-12(17)11-9(6-10(14)23-11)15-13(18)22-8-4-2-7(3-5-8)16(19)20;1-2/h2-6H,1H3,(H,15,18);1-2H3. The zero-order valence-electron chi connectivity index (χ0n) is 13.6. The summed E-state index contributed by atoms with van der Waals surface area (Å²) in [5.41, 5.74) is 0.119. The van der Waals surface area contributed by atoms with Gasteiger partial charge in [0.25, 0.3) is 5.69 Å². The highest BCUT2D eigenvalue weighted by Crippen LogP contribution is 2.32. The molecule has 0 aliphatic heterocycles. The zero-order valence-corrected chi connectivity index (χ0v) is 16.0. The molecule has 2 rings (SSSR count). The Labute approximate surface area is 156 Å². The second-order valence-electron chi connectivity index (χ2n) is 4.05. The number of ether oxygens (including phenoxy) is 2. The Bertz CT molecular complexity index is 760. The Morgan fingerprint density at radius 2 is 1.84 bits per heavy atom. The van der Waals surface area contributed by atoms with Crippen molar-refractivity contribution in [3.05, 3.63) is 49.1 Å². The van der Waals surface area contributed by atoms with Crippen molar-refractivity contribution >= 4 is 50.7 Å². The van der Waals surface area contributed by atoms with Gasteiger partial charge < -0.3 is 9.47 Å². The molecule has 0 unspecified atom stereocenters. The summed E-state index contributed by atoms with van der Waals surface area (Å²) in [4.78, 5) is 33.6. The molecule has 0 atom stereocenters. The van der Waals surface area contributed by atoms with Crippen molar-refractivity contribution in [3.8, 4) is 5.75 Å². The van der Waals surface area contributed by atoms with Crippen LogP contribution in [0.4, 0.5) is 16.2 Å². The maximum Gasteiger partial charge on any atom is 0.417 e. The Morgan fingerprint density at radius 3 is 2.36 bits per heavy atom. The average Bonchev–Trinajstić information content (AvgIpc) is 2.96. The van der Waals surface area contributed by atoms with Crippen molar-refractivity contribution < 1.29 is 24.0 Å². The van der Waals surface area contributed by atoms with Gasteiger partial charge in [0.1, 0.15) is 10.6 Å². The van der Waals surface area contributed by atoms with Crippen LogP contribution >= 0.6 is 27.3 Å². The summed E-state index contributed by atoms with van der Waals surface area (Å²) in [5, 5.41) is 13.0. The lowest BCUT2D eigenvalue weighted by molar-refractivity contribution is -0.384. The quantitative estimate of drug-likeness (QED) is 0.422. The molecular weight excluding hydrogens is 416 g/mol. The maximum absolute atomic E-state index is 11.8. The lowest BCUT2D eigenvalue weighted by Crippen LogP contribution is -2.18. The molecule has 0 bridgehead atoms. The van der Waals surface area contributed by atoms with E-state index in [0.717, 1.165) is 11.3 Å². The topological polar surface area (TPSA) is 108 Å². The van der Waals surface area contributed by atoms with E-state index in [0.29, 0.717) is 3.79 Å². The number of hydrogen-bond donors (Lipinski definition) is 1. The molecule has 0 aliphatic rings. The van der Waals surface area contributed by atoms with Gasteiger partial charge in [0.15, 0.2) is 0 Å². The van der Waals surface area contributed by atoms with Crippen LogP contribution in [-0.2, 0) is 4.74 Å². The second kappa shape index (κ2) is 9.74. The number of amides is 1. The number of non-ortho nitro benzene ring substituents is 1. The molecule has 0 saturated heterocycles. The molecule has 0 saturated carbocycles. The molecule has 134 valence electrons. The number of nitrogens with zero attached hydrogens (tertiary/aromatic N) is 1. The minimum Gasteiger partial charge on any atom is -0.465 e. The molecular formula is C15H15BrN2O6S. The first-order valence-corrected chi connectivity index (χ1v) is 8.62. The van der Waals surface area contributed by atoms with Crippen molar-refractivity contribution in [1.82, 2.24) is 0 Å². The zero-order chi connectivity index (χ0) is 19.0. The fraction of sp³-hybridized carbons (Fsp3) is 0.200. The van der Waals surface area contributed by atoms with Crippen LogP contribution in [0.5, 0.6) is 5.75 Å². The third-order valence-corrected chi connectivity index (χ3v) is 4.19. The third kappa shape index (κ3) is 5.84. The van der Waals surface area contributed by atoms with Gasteiger partial charge in [-0.2, -0.15) is 0 Å². The molecule has 0 fully saturated rings. The lowest BCUT2D eigenvalue weighted by atomic mass is 10.3. The van der Waals surface area contributed by atoms with E-state index in [1.807, 2.05) is 13.8 Å². The number of nitro benzene ring substituents is 1. The summed E-state index contributed by atoms with van der Waals surface area (Å²) in [6.07, 6.45) is -0.839. The van der Waals surface area contributed by atoms with E-state index in [1.54, 1.807) is 0 Å². The predicted molar refractivity (Wildman–Crippen MR) is 97.4 cm³/mol. The minimum absolute atomic E-state index is 0.118. The fourth-order valence-electron chi connectivity index (χ4n) is 1.58. The number of carbonyl (C=O) groups is 2. The SMILES string of the molecule is CC.COC(=O)c1sc(Br)cc1NC(=O)Oc1ccc([N+](=O)[O-])cc1. The van der Waals surface area contributed by atoms with E-state index in [9.17, 15) is 19.7 Å². The van der Waals surface area contributed by atoms with Gasteiger partial charge in [-0.3, -0.25) is 15.4 Å². The number of methoxy groups -OCH3 is 1. The van der Waals surface area contributed by atoms with E-state index in [4.69, 9.17) is 4.74 Å². The molecule has 1 aromatic heterocycles. The van der Waals surface area contributed by atoms with Gasteiger partial charge in [-0.1, -0.05) is 13.8 Å². The molecule has 1 aromatic carbocycles. The number of rotatable bonds is 4. The number of anilines is 1. The summed E-state index contributed by atoms with van der Waals surface area (Å²) in [6, 6.07) is 6.55. The first-order chi connectivity index (χ1) is 11.9. The number of thiophene rings is 1. The molecule has 25 heavy (non-hydrogen) atoms. The van der Waals surface area contributed by atoms with Crippen molar-refractivity contribution in [2.45, 2.75) is 13.8 Å². The summed E-state index contributed by atoms with van der Waals surface area (Å²) in [7, 11) is 1.23. The smallest absolute Gasteiger partial charge is 0.417 e. The summed E-state index contributed by atoms with van der Waals surface area (Å²) in [6.45, 7) is 4.00. The molecule has 10 heteroatoms. The molecule has 1 amide bonds. The van der Waals surface area contributed by atoms with Gasteiger partial charge in [-0.05, 0) is 34.1 Å². The van der Waals surface area contributed by atoms with Crippen LogP contribution in [0.2, 0.25) is 0 Å². The van der Waals surface area contributed by atoms with Crippen molar-refractivity contribution in [1.29, 1.82) is 0 Å². The highest BCUT2D eigenvalue weighted by atomic mass is 79.9. The first-order valence-electron chi connectivity index (χ1n) is 7.01. The van der Waals surface area contributed by atoms with E-state index in [1.165, 1.54) is 37.4 Å². The molecule has 2 aromatic rings. The number of nitrogens with one attached hydrogen (secondary N) is 1. The molecule has 1 heterocycles. The van der Waals surface area contributed by atoms with Crippen molar-refractivity contribution in [2.24, 2.45) is 0 Å². The maximum atomic E-state index is 11.8. The summed E-state index contributed by atoms with van der Waals surface area (Å²) >= 11 is 4.31. The van der Waals surface area contributed by atoms with Gasteiger partial charge in [0.2, 0.25) is 0 Å². The van der Waals surface area contributed by atoms with Gasteiger partial charge >= 0.3 is 12.1 Å². The number of hydrogen-bond acceptors (Lipinski definition) is 7. The summed E-state index contributed by atoms with van der Waals surface area (Å²) in [5.74, 6) is -0.464. The molecule has 1 N–H and O–H groups in total. The Kier molecular flexibility index (Phi) is 8.02. The number of esters is 1.